The second-order valence-corrected chi connectivity index (χ2v) is 4.34. The Kier molecular flexibility index (Phi) is 2.48. The molecule has 0 atom stereocenters. The van der Waals surface area contributed by atoms with Crippen LogP contribution in [0.3, 0.4) is 0 Å². The molecule has 0 unspecified atom stereocenters. The van der Waals surface area contributed by atoms with Gasteiger partial charge in [0.1, 0.15) is 5.82 Å². The summed E-state index contributed by atoms with van der Waals surface area (Å²) in [5.41, 5.74) is 1.70. The van der Waals surface area contributed by atoms with Gasteiger partial charge in [0.2, 0.25) is 5.95 Å². The van der Waals surface area contributed by atoms with Crippen molar-refractivity contribution in [3.8, 4) is 0 Å². The second-order valence-electron chi connectivity index (χ2n) is 4.34. The van der Waals surface area contributed by atoms with E-state index in [4.69, 9.17) is 0 Å². The van der Waals surface area contributed by atoms with Gasteiger partial charge in [0.05, 0.1) is 11.0 Å². The van der Waals surface area contributed by atoms with Crippen molar-refractivity contribution in [1.29, 1.82) is 0 Å². The summed E-state index contributed by atoms with van der Waals surface area (Å²) in [6, 6.07) is 4.75. The number of imidazole rings is 1. The van der Waals surface area contributed by atoms with Crippen LogP contribution in [0.4, 0.5) is 10.3 Å². The van der Waals surface area contributed by atoms with Crippen LogP contribution in [0.15, 0.2) is 18.2 Å². The Morgan fingerprint density at radius 3 is 2.82 bits per heavy atom. The van der Waals surface area contributed by atoms with Gasteiger partial charge in [0.15, 0.2) is 0 Å². The molecule has 0 bridgehead atoms. The van der Waals surface area contributed by atoms with E-state index in [1.807, 2.05) is 11.6 Å². The van der Waals surface area contributed by atoms with Gasteiger partial charge in [-0.1, -0.05) is 0 Å². The maximum Gasteiger partial charge on any atom is 0.206 e. The van der Waals surface area contributed by atoms with Crippen molar-refractivity contribution in [2.24, 2.45) is 7.05 Å². The molecule has 2 heterocycles. The molecule has 17 heavy (non-hydrogen) atoms. The predicted molar refractivity (Wildman–Crippen MR) is 65.8 cm³/mol. The number of anilines is 1. The summed E-state index contributed by atoms with van der Waals surface area (Å²) in [5.74, 6) is 0.689. The first kappa shape index (κ1) is 10.5. The smallest absolute Gasteiger partial charge is 0.206 e. The van der Waals surface area contributed by atoms with Crippen LogP contribution in [0.1, 0.15) is 0 Å². The molecule has 3 rings (SSSR count). The number of fused-ring (bicyclic) bond motifs is 1. The summed E-state index contributed by atoms with van der Waals surface area (Å²) >= 11 is 0. The fourth-order valence-corrected chi connectivity index (χ4v) is 2.31. The average molecular weight is 234 g/mol. The number of nitrogens with zero attached hydrogens (tertiary/aromatic N) is 3. The number of piperazine rings is 1. The molecule has 4 nitrogen and oxygen atoms in total. The van der Waals surface area contributed by atoms with Crippen LogP contribution in [-0.2, 0) is 7.05 Å². The minimum absolute atomic E-state index is 0.234. The average Bonchev–Trinajstić information content (AvgIpc) is 2.67. The monoisotopic (exact) mass is 234 g/mol. The summed E-state index contributed by atoms with van der Waals surface area (Å²) < 4.78 is 15.2. The van der Waals surface area contributed by atoms with E-state index in [1.165, 1.54) is 12.1 Å². The molecule has 0 amide bonds. The first-order valence-electron chi connectivity index (χ1n) is 5.83. The highest BCUT2D eigenvalue weighted by Gasteiger charge is 2.17. The Bertz CT molecular complexity index is 543. The lowest BCUT2D eigenvalue weighted by molar-refractivity contribution is 0.575. The van der Waals surface area contributed by atoms with Gasteiger partial charge in [-0.25, -0.2) is 9.37 Å². The highest BCUT2D eigenvalue weighted by Crippen LogP contribution is 2.22. The van der Waals surface area contributed by atoms with Crippen LogP contribution in [0.25, 0.3) is 11.0 Å². The molecule has 0 radical (unpaired) electrons. The zero-order chi connectivity index (χ0) is 11.8. The minimum Gasteiger partial charge on any atom is -0.340 e. The third-order valence-corrected chi connectivity index (χ3v) is 3.22. The van der Waals surface area contributed by atoms with Gasteiger partial charge in [-0.3, -0.25) is 0 Å². The van der Waals surface area contributed by atoms with Gasteiger partial charge in [-0.15, -0.1) is 0 Å². The van der Waals surface area contributed by atoms with E-state index < -0.39 is 0 Å². The first-order chi connectivity index (χ1) is 8.25. The number of aromatic nitrogens is 2. The van der Waals surface area contributed by atoms with Crippen molar-refractivity contribution in [3.05, 3.63) is 24.0 Å². The van der Waals surface area contributed by atoms with Crippen molar-refractivity contribution >= 4 is 17.0 Å². The molecule has 2 aromatic rings. The maximum absolute atomic E-state index is 13.1. The number of aryl methyl sites for hydroxylation is 1. The first-order valence-corrected chi connectivity index (χ1v) is 5.83. The van der Waals surface area contributed by atoms with Crippen LogP contribution < -0.4 is 10.2 Å². The van der Waals surface area contributed by atoms with E-state index in [0.29, 0.717) is 0 Å². The van der Waals surface area contributed by atoms with E-state index in [0.717, 1.165) is 43.2 Å². The standard InChI is InChI=1S/C12H15FN4/c1-16-11-3-2-9(13)8-10(11)15-12(16)17-6-4-14-5-7-17/h2-3,8,14H,4-7H2,1H3. The number of rotatable bonds is 1. The number of hydrogen-bond donors (Lipinski definition) is 1. The van der Waals surface area contributed by atoms with E-state index in [1.54, 1.807) is 6.07 Å². The molecule has 0 saturated carbocycles. The SMILES string of the molecule is Cn1c(N2CCNCC2)nc2cc(F)ccc21. The summed E-state index contributed by atoms with van der Waals surface area (Å²) in [4.78, 5) is 6.75. The Morgan fingerprint density at radius 2 is 2.06 bits per heavy atom. The number of benzene rings is 1. The molecule has 1 aromatic heterocycles. The Labute approximate surface area is 99.0 Å². The molecular weight excluding hydrogens is 219 g/mol. The fraction of sp³-hybridized carbons (Fsp3) is 0.417. The fourth-order valence-electron chi connectivity index (χ4n) is 2.31. The van der Waals surface area contributed by atoms with Gasteiger partial charge in [-0.05, 0) is 12.1 Å². The highest BCUT2D eigenvalue weighted by atomic mass is 19.1. The zero-order valence-corrected chi connectivity index (χ0v) is 9.78. The third-order valence-electron chi connectivity index (χ3n) is 3.22. The van der Waals surface area contributed by atoms with Gasteiger partial charge in [0, 0.05) is 39.3 Å². The molecule has 1 aliphatic rings. The molecule has 1 aromatic carbocycles. The molecule has 0 spiro atoms. The van der Waals surface area contributed by atoms with Gasteiger partial charge >= 0.3 is 0 Å². The summed E-state index contributed by atoms with van der Waals surface area (Å²) in [6.45, 7) is 3.83. The topological polar surface area (TPSA) is 33.1 Å². The molecule has 1 N–H and O–H groups in total. The zero-order valence-electron chi connectivity index (χ0n) is 9.78. The molecule has 0 aliphatic carbocycles. The summed E-state index contributed by atoms with van der Waals surface area (Å²) in [6.07, 6.45) is 0. The quantitative estimate of drug-likeness (QED) is 0.802. The van der Waals surface area contributed by atoms with Crippen molar-refractivity contribution in [3.63, 3.8) is 0 Å². The molecule has 90 valence electrons. The lowest BCUT2D eigenvalue weighted by Crippen LogP contribution is -2.44. The van der Waals surface area contributed by atoms with E-state index in [2.05, 4.69) is 15.2 Å². The van der Waals surface area contributed by atoms with Crippen LogP contribution in [0, 0.1) is 5.82 Å². The Morgan fingerprint density at radius 1 is 1.29 bits per heavy atom. The highest BCUT2D eigenvalue weighted by molar-refractivity contribution is 5.78. The number of hydrogen-bond acceptors (Lipinski definition) is 3. The van der Waals surface area contributed by atoms with Crippen LogP contribution in [-0.4, -0.2) is 35.7 Å². The van der Waals surface area contributed by atoms with Crippen LogP contribution in [0.5, 0.6) is 0 Å². The van der Waals surface area contributed by atoms with Gasteiger partial charge in [-0.2, -0.15) is 0 Å². The summed E-state index contributed by atoms with van der Waals surface area (Å²) in [5, 5.41) is 3.31. The Hall–Kier alpha value is -1.62. The van der Waals surface area contributed by atoms with Gasteiger partial charge in [0.25, 0.3) is 0 Å². The number of nitrogens with one attached hydrogen (secondary N) is 1. The molecule has 5 heteroatoms. The minimum atomic E-state index is -0.234. The normalized spacial score (nSPS) is 16.7. The van der Waals surface area contributed by atoms with E-state index in [9.17, 15) is 4.39 Å². The largest absolute Gasteiger partial charge is 0.340 e. The van der Waals surface area contributed by atoms with Crippen molar-refractivity contribution in [1.82, 2.24) is 14.9 Å². The third kappa shape index (κ3) is 1.76. The second kappa shape index (κ2) is 4.00. The predicted octanol–water partition coefficient (Wildman–Crippen LogP) is 1.12. The summed E-state index contributed by atoms with van der Waals surface area (Å²) in [7, 11) is 1.98. The van der Waals surface area contributed by atoms with E-state index >= 15 is 0 Å². The molecule has 1 fully saturated rings. The van der Waals surface area contributed by atoms with Crippen molar-refractivity contribution in [2.45, 2.75) is 0 Å². The number of halogens is 1. The van der Waals surface area contributed by atoms with Crippen molar-refractivity contribution < 1.29 is 4.39 Å². The van der Waals surface area contributed by atoms with Gasteiger partial charge < -0.3 is 14.8 Å². The van der Waals surface area contributed by atoms with E-state index in [-0.39, 0.29) is 5.82 Å². The lowest BCUT2D eigenvalue weighted by Gasteiger charge is -2.28. The molecular formula is C12H15FN4. The van der Waals surface area contributed by atoms with Crippen LogP contribution >= 0.6 is 0 Å². The lowest BCUT2D eigenvalue weighted by atomic mass is 10.3. The van der Waals surface area contributed by atoms with Crippen molar-refractivity contribution in [2.75, 3.05) is 31.1 Å². The van der Waals surface area contributed by atoms with Crippen LogP contribution in [0.2, 0.25) is 0 Å². The Balaban J connectivity index is 2.07. The molecule has 1 saturated heterocycles. The molecule has 1 aliphatic heterocycles. The maximum atomic E-state index is 13.1.